The lowest BCUT2D eigenvalue weighted by molar-refractivity contribution is -0.282. The molecule has 6 amide bonds. The largest absolute Gasteiger partial charge is 0.450 e. The van der Waals surface area contributed by atoms with Crippen molar-refractivity contribution in [2.24, 2.45) is 17.8 Å². The summed E-state index contributed by atoms with van der Waals surface area (Å²) in [4.78, 5) is 79.7. The summed E-state index contributed by atoms with van der Waals surface area (Å²) in [5.41, 5.74) is 0. The second kappa shape index (κ2) is 82.3. The van der Waals surface area contributed by atoms with Gasteiger partial charge >= 0.3 is 6.09 Å². The van der Waals surface area contributed by atoms with E-state index in [0.717, 1.165) is 19.8 Å². The summed E-state index contributed by atoms with van der Waals surface area (Å²) in [5, 5.41) is 104. The maximum Gasteiger partial charge on any atom is 0.407 e. The van der Waals surface area contributed by atoms with Crippen LogP contribution in [0.25, 0.3) is 0 Å². The molecule has 756 valence electrons. The third kappa shape index (κ3) is 60.3. The Morgan fingerprint density at radius 1 is 0.352 bits per heavy atom. The Bertz CT molecular complexity index is 2570. The standard InChI is InChI=1S/C56H102N6O24.C39H80O2.CH4/c1-5-80-56(77)60-22-29-79-31-30-78-28-18-45(69)61-38(14-6-10-19-57-42(66)15-7-11-25-81-53-35(2)46(70)49(73)39(32-63)84-53)52(76)62(23-20-58-43(67)16-8-12-26-82-54-36(3)47(71)50(74)40(33-64)85-54)24-21-59-44(68)17-9-13-27-83-55-37(4)48(72)51(75)41(34-65)86-55;1-4-6-8-10-12-14-16-18-20-22-24-26-28-30-32-34-36-40-38-39(3)41-37-35-33-31-29-27-25-23-21-19-17-15-13-11-9-7-5-2;/h35-41,46-51,53-55,63-65,70-75H,5-34H2,1-4H3,(H,57,66)(H,58,67)(H,59,68)(H,60,77)(H,61,69);39H,4-38H2,1-3H3;1H4. The molecule has 17 atom stereocenters. The normalized spacial score (nSPS) is 22.6. The molecular formula is C96H186N6O26. The van der Waals surface area contributed by atoms with Crippen molar-refractivity contribution >= 4 is 35.6 Å². The fourth-order valence-electron chi connectivity index (χ4n) is 15.6. The van der Waals surface area contributed by atoms with Gasteiger partial charge < -0.3 is 130 Å². The molecule has 3 saturated heterocycles. The van der Waals surface area contributed by atoms with Gasteiger partial charge in [0.1, 0.15) is 42.7 Å². The number of aliphatic hydroxyl groups is 9. The average Bonchev–Trinajstić information content (AvgIpc) is 0.829. The van der Waals surface area contributed by atoms with E-state index in [0.29, 0.717) is 51.4 Å². The van der Waals surface area contributed by atoms with E-state index in [2.05, 4.69) is 47.4 Å². The van der Waals surface area contributed by atoms with Crippen LogP contribution in [0.15, 0.2) is 0 Å². The Balaban J connectivity index is 0.00000164. The SMILES string of the molecule is C.CCCCCCCCCCCCCCCCCCOCC(C)OCCCCCCCCCCCCCCCCCC.CCOC(=O)NCCOCCOCCC(=O)NC(CCCCNC(=O)CCCCOC1OC(CO)C(O)C(O)C1C)C(=O)N(CCNC(=O)CCCCOC1OC(CO)C(O)C(O)C1C)CCNC(=O)CCCCOC1OC(CO)C(O)C(O)C1C. The number of rotatable bonds is 81. The van der Waals surface area contributed by atoms with E-state index in [-0.39, 0.29) is 155 Å². The van der Waals surface area contributed by atoms with Gasteiger partial charge in [-0.25, -0.2) is 4.79 Å². The number of amides is 6. The molecule has 128 heavy (non-hydrogen) atoms. The lowest BCUT2D eigenvalue weighted by atomic mass is 9.92. The highest BCUT2D eigenvalue weighted by Crippen LogP contribution is 2.30. The Kier molecular flexibility index (Phi) is 78.4. The first-order valence-electron chi connectivity index (χ1n) is 49.9. The summed E-state index contributed by atoms with van der Waals surface area (Å²) in [6.45, 7) is 16.3. The van der Waals surface area contributed by atoms with Crippen molar-refractivity contribution in [3.05, 3.63) is 0 Å². The number of hydrogen-bond acceptors (Lipinski definition) is 26. The van der Waals surface area contributed by atoms with Crippen molar-refractivity contribution in [2.45, 2.75) is 431 Å². The number of carbonyl (C=O) groups excluding carboxylic acids is 6. The van der Waals surface area contributed by atoms with E-state index in [9.17, 15) is 74.7 Å². The number of alkyl carbamates (subject to hydrolysis) is 1. The van der Waals surface area contributed by atoms with Crippen molar-refractivity contribution in [1.29, 1.82) is 0 Å². The maximum absolute atomic E-state index is 14.5. The first-order chi connectivity index (χ1) is 61.6. The number of hydrogen-bond donors (Lipinski definition) is 14. The predicted molar refractivity (Wildman–Crippen MR) is 495 cm³/mol. The summed E-state index contributed by atoms with van der Waals surface area (Å²) in [7, 11) is 0. The van der Waals surface area contributed by atoms with Crippen LogP contribution in [0.2, 0.25) is 0 Å². The molecule has 17 unspecified atom stereocenters. The molecule has 0 radical (unpaired) electrons. The quantitative estimate of drug-likeness (QED) is 0.0252. The van der Waals surface area contributed by atoms with Crippen LogP contribution in [0, 0.1) is 17.8 Å². The second-order valence-corrected chi connectivity index (χ2v) is 35.2. The van der Waals surface area contributed by atoms with Gasteiger partial charge in [0, 0.05) is 116 Å². The molecule has 3 fully saturated rings. The van der Waals surface area contributed by atoms with Gasteiger partial charge in [-0.3, -0.25) is 24.0 Å². The van der Waals surface area contributed by atoms with E-state index in [1.54, 1.807) is 27.7 Å². The number of carbonyl (C=O) groups is 6. The van der Waals surface area contributed by atoms with Gasteiger partial charge in [0.25, 0.3) is 0 Å². The Hall–Kier alpha value is -4.14. The molecular weight excluding hydrogens is 1650 g/mol. The van der Waals surface area contributed by atoms with Crippen molar-refractivity contribution in [3.8, 4) is 0 Å². The summed E-state index contributed by atoms with van der Waals surface area (Å²) >= 11 is 0. The molecule has 0 aromatic carbocycles. The number of nitrogens with one attached hydrogen (secondary N) is 5. The van der Waals surface area contributed by atoms with Crippen LogP contribution < -0.4 is 26.6 Å². The minimum atomic E-state index is -1.26. The zero-order chi connectivity index (χ0) is 93.1. The third-order valence-electron chi connectivity index (χ3n) is 23.9. The molecule has 3 heterocycles. The molecule has 3 rings (SSSR count). The van der Waals surface area contributed by atoms with Crippen LogP contribution in [0.1, 0.15) is 345 Å². The molecule has 32 heteroatoms. The van der Waals surface area contributed by atoms with Crippen LogP contribution in [-0.4, -0.2) is 304 Å². The Morgan fingerprint density at radius 3 is 1.06 bits per heavy atom. The Labute approximate surface area is 770 Å². The van der Waals surface area contributed by atoms with Gasteiger partial charge in [-0.15, -0.1) is 0 Å². The summed E-state index contributed by atoms with van der Waals surface area (Å²) in [6.07, 6.45) is 36.2. The molecule has 0 bridgehead atoms. The maximum atomic E-state index is 14.5. The number of nitrogens with zero attached hydrogens (tertiary/aromatic N) is 1. The van der Waals surface area contributed by atoms with Crippen LogP contribution in [-0.2, 0) is 76.1 Å². The first kappa shape index (κ1) is 122. The van der Waals surface area contributed by atoms with Gasteiger partial charge in [-0.1, -0.05) is 235 Å². The molecule has 3 aliphatic rings. The van der Waals surface area contributed by atoms with Gasteiger partial charge in [0.2, 0.25) is 29.5 Å². The van der Waals surface area contributed by atoms with Crippen molar-refractivity contribution in [2.75, 3.05) is 132 Å². The minimum Gasteiger partial charge on any atom is -0.450 e. The molecule has 3 aliphatic heterocycles. The zero-order valence-electron chi connectivity index (χ0n) is 79.7. The monoisotopic (exact) mass is 1840 g/mol. The number of aliphatic hydroxyl groups excluding tert-OH is 9. The zero-order valence-corrected chi connectivity index (χ0v) is 79.7. The fourth-order valence-corrected chi connectivity index (χ4v) is 15.6. The van der Waals surface area contributed by atoms with E-state index >= 15 is 0 Å². The topological polar surface area (TPSA) is 449 Å². The molecule has 14 N–H and O–H groups in total. The lowest BCUT2D eigenvalue weighted by Gasteiger charge is -2.40. The lowest BCUT2D eigenvalue weighted by Crippen LogP contribution is -2.55. The third-order valence-corrected chi connectivity index (χ3v) is 23.9. The van der Waals surface area contributed by atoms with E-state index in [4.69, 9.17) is 52.1 Å². The van der Waals surface area contributed by atoms with Crippen molar-refractivity contribution < 1.29 is 127 Å². The summed E-state index contributed by atoms with van der Waals surface area (Å²) in [5.74, 6) is -3.51. The molecule has 0 spiro atoms. The number of unbranched alkanes of at least 4 members (excludes halogenated alkanes) is 34. The molecule has 0 aromatic rings. The van der Waals surface area contributed by atoms with Crippen molar-refractivity contribution in [1.82, 2.24) is 31.5 Å². The van der Waals surface area contributed by atoms with Crippen LogP contribution in [0.4, 0.5) is 4.79 Å². The minimum absolute atomic E-state index is 0. The fraction of sp³-hybridized carbons (Fsp3) is 0.938. The Morgan fingerprint density at radius 2 is 0.695 bits per heavy atom. The molecule has 32 nitrogen and oxygen atoms in total. The highest BCUT2D eigenvalue weighted by Gasteiger charge is 2.45. The molecule has 0 saturated carbocycles. The highest BCUT2D eigenvalue weighted by molar-refractivity contribution is 5.88. The summed E-state index contributed by atoms with van der Waals surface area (Å²) < 4.78 is 61.7. The van der Waals surface area contributed by atoms with Crippen LogP contribution >= 0.6 is 0 Å². The van der Waals surface area contributed by atoms with E-state index < -0.39 is 135 Å². The molecule has 0 aliphatic carbocycles. The number of ether oxygens (including phenoxy) is 11. The van der Waals surface area contributed by atoms with Gasteiger partial charge in [0.15, 0.2) is 18.9 Å². The average molecular weight is 1840 g/mol. The van der Waals surface area contributed by atoms with Crippen LogP contribution in [0.3, 0.4) is 0 Å². The molecule has 0 aromatic heterocycles. The smallest absolute Gasteiger partial charge is 0.407 e. The van der Waals surface area contributed by atoms with E-state index in [1.807, 2.05) is 0 Å². The summed E-state index contributed by atoms with van der Waals surface area (Å²) in [6, 6.07) is -1.06. The van der Waals surface area contributed by atoms with E-state index in [1.165, 1.54) is 210 Å². The highest BCUT2D eigenvalue weighted by atomic mass is 16.7. The van der Waals surface area contributed by atoms with Gasteiger partial charge in [-0.2, -0.15) is 0 Å². The van der Waals surface area contributed by atoms with Crippen molar-refractivity contribution in [3.63, 3.8) is 0 Å². The predicted octanol–water partition coefficient (Wildman–Crippen LogP) is 11.3. The second-order valence-electron chi connectivity index (χ2n) is 35.2. The van der Waals surface area contributed by atoms with Gasteiger partial charge in [0.05, 0.1) is 83.9 Å². The van der Waals surface area contributed by atoms with Crippen LogP contribution in [0.5, 0.6) is 0 Å². The first-order valence-corrected chi connectivity index (χ1v) is 49.9. The van der Waals surface area contributed by atoms with Gasteiger partial charge in [-0.05, 0) is 84.5 Å².